The third-order valence-electron chi connectivity index (χ3n) is 3.79. The number of aryl methyl sites for hydroxylation is 2. The van der Waals surface area contributed by atoms with Gasteiger partial charge < -0.3 is 10.3 Å². The minimum Gasteiger partial charge on any atom is -0.383 e. The van der Waals surface area contributed by atoms with E-state index < -0.39 is 0 Å². The number of nitrogen functional groups attached to an aromatic ring is 1. The summed E-state index contributed by atoms with van der Waals surface area (Å²) in [6, 6.07) is 6.90. The molecule has 1 aliphatic carbocycles. The number of aromatic nitrogens is 2. The molecule has 0 amide bonds. The Kier molecular flexibility index (Phi) is 3.59. The molecule has 0 radical (unpaired) electrons. The van der Waals surface area contributed by atoms with Crippen LogP contribution in [0, 0.1) is 6.92 Å². The fourth-order valence-corrected chi connectivity index (χ4v) is 3.32. The first-order valence-corrected chi connectivity index (χ1v) is 8.04. The van der Waals surface area contributed by atoms with Crippen LogP contribution in [0.5, 0.6) is 0 Å². The molecule has 0 saturated heterocycles. The van der Waals surface area contributed by atoms with Crippen LogP contribution in [0.3, 0.4) is 0 Å². The maximum atomic E-state index is 6.39. The molecule has 1 fully saturated rings. The van der Waals surface area contributed by atoms with Crippen LogP contribution in [-0.2, 0) is 6.42 Å². The molecule has 4 heteroatoms. The molecule has 0 spiro atoms. The lowest BCUT2D eigenvalue weighted by atomic mass is 10.1. The molecule has 0 aliphatic heterocycles. The highest BCUT2D eigenvalue weighted by atomic mass is 79.9. The maximum Gasteiger partial charge on any atom is 0.132 e. The number of hydrogen-bond donors (Lipinski definition) is 1. The number of imidazole rings is 1. The van der Waals surface area contributed by atoms with Crippen molar-refractivity contribution in [3.63, 3.8) is 0 Å². The van der Waals surface area contributed by atoms with Gasteiger partial charge in [-0.15, -0.1) is 0 Å². The zero-order valence-electron chi connectivity index (χ0n) is 12.0. The zero-order chi connectivity index (χ0) is 14.3. The molecule has 20 heavy (non-hydrogen) atoms. The van der Waals surface area contributed by atoms with E-state index in [1.54, 1.807) is 0 Å². The Bertz CT molecular complexity index is 641. The first-order chi connectivity index (χ1) is 9.61. The van der Waals surface area contributed by atoms with Gasteiger partial charge in [0.2, 0.25) is 0 Å². The number of rotatable bonds is 4. The summed E-state index contributed by atoms with van der Waals surface area (Å²) >= 11 is 3.64. The Morgan fingerprint density at radius 3 is 2.75 bits per heavy atom. The van der Waals surface area contributed by atoms with Gasteiger partial charge in [-0.25, -0.2) is 4.98 Å². The van der Waals surface area contributed by atoms with E-state index in [1.807, 2.05) is 0 Å². The highest BCUT2D eigenvalue weighted by Crippen LogP contribution is 2.42. The fraction of sp³-hybridized carbons (Fsp3) is 0.438. The summed E-state index contributed by atoms with van der Waals surface area (Å²) in [4.78, 5) is 4.83. The van der Waals surface area contributed by atoms with E-state index in [0.29, 0.717) is 6.04 Å². The third-order valence-corrected chi connectivity index (χ3v) is 4.44. The van der Waals surface area contributed by atoms with Crippen LogP contribution in [0.1, 0.15) is 43.6 Å². The molecule has 1 aromatic heterocycles. The highest BCUT2D eigenvalue weighted by Gasteiger charge is 2.30. The van der Waals surface area contributed by atoms with Crippen LogP contribution in [0.15, 0.2) is 22.7 Å². The summed E-state index contributed by atoms with van der Waals surface area (Å²) in [6.45, 7) is 4.27. The Hall–Kier alpha value is -1.29. The Morgan fingerprint density at radius 1 is 1.40 bits per heavy atom. The van der Waals surface area contributed by atoms with E-state index in [9.17, 15) is 0 Å². The molecular weight excluding hydrogens is 314 g/mol. The molecule has 1 aliphatic rings. The molecule has 0 atom stereocenters. The quantitative estimate of drug-likeness (QED) is 0.895. The number of hydrogen-bond acceptors (Lipinski definition) is 2. The Labute approximate surface area is 128 Å². The predicted octanol–water partition coefficient (Wildman–Crippen LogP) is 4.49. The third kappa shape index (κ3) is 2.37. The lowest BCUT2D eigenvalue weighted by Crippen LogP contribution is -2.05. The van der Waals surface area contributed by atoms with Gasteiger partial charge in [-0.3, -0.25) is 0 Å². The minimum absolute atomic E-state index is 0.571. The molecule has 1 aromatic carbocycles. The summed E-state index contributed by atoms with van der Waals surface area (Å²) in [7, 11) is 0. The van der Waals surface area contributed by atoms with E-state index in [4.69, 9.17) is 10.7 Å². The van der Waals surface area contributed by atoms with Crippen molar-refractivity contribution in [1.29, 1.82) is 0 Å². The van der Waals surface area contributed by atoms with Gasteiger partial charge in [0.15, 0.2) is 0 Å². The van der Waals surface area contributed by atoms with Crippen molar-refractivity contribution in [3.05, 3.63) is 34.1 Å². The number of benzene rings is 1. The molecule has 3 nitrogen and oxygen atoms in total. The maximum absolute atomic E-state index is 6.39. The molecule has 0 bridgehead atoms. The summed E-state index contributed by atoms with van der Waals surface area (Å²) in [5, 5.41) is 0. The number of anilines is 1. The van der Waals surface area contributed by atoms with Gasteiger partial charge in [0.05, 0.1) is 0 Å². The van der Waals surface area contributed by atoms with E-state index in [-0.39, 0.29) is 0 Å². The van der Waals surface area contributed by atoms with Crippen LogP contribution in [0.25, 0.3) is 11.3 Å². The van der Waals surface area contributed by atoms with Crippen LogP contribution in [-0.4, -0.2) is 9.55 Å². The van der Waals surface area contributed by atoms with Gasteiger partial charge in [0.1, 0.15) is 17.3 Å². The molecule has 2 aromatic rings. The predicted molar refractivity (Wildman–Crippen MR) is 86.8 cm³/mol. The molecule has 1 saturated carbocycles. The lowest BCUT2D eigenvalue weighted by Gasteiger charge is -2.08. The second-order valence-electron chi connectivity index (χ2n) is 5.60. The van der Waals surface area contributed by atoms with Crippen molar-refractivity contribution in [2.24, 2.45) is 0 Å². The van der Waals surface area contributed by atoms with Crippen molar-refractivity contribution in [2.75, 3.05) is 5.73 Å². The number of halogens is 1. The largest absolute Gasteiger partial charge is 0.383 e. The van der Waals surface area contributed by atoms with Crippen molar-refractivity contribution >= 4 is 21.7 Å². The topological polar surface area (TPSA) is 43.8 Å². The van der Waals surface area contributed by atoms with Crippen molar-refractivity contribution in [1.82, 2.24) is 9.55 Å². The monoisotopic (exact) mass is 333 g/mol. The molecule has 1 heterocycles. The second-order valence-corrected chi connectivity index (χ2v) is 6.45. The SMILES string of the molecule is CCCc1nc(-c2ccc(C)cc2Br)c(N)n1C1CC1. The van der Waals surface area contributed by atoms with Gasteiger partial charge >= 0.3 is 0 Å². The van der Waals surface area contributed by atoms with Crippen molar-refractivity contribution < 1.29 is 0 Å². The second kappa shape index (κ2) is 5.24. The lowest BCUT2D eigenvalue weighted by molar-refractivity contribution is 0.676. The van der Waals surface area contributed by atoms with Gasteiger partial charge in [-0.2, -0.15) is 0 Å². The molecule has 3 rings (SSSR count). The van der Waals surface area contributed by atoms with E-state index >= 15 is 0 Å². The van der Waals surface area contributed by atoms with Crippen molar-refractivity contribution in [3.8, 4) is 11.3 Å². The van der Waals surface area contributed by atoms with E-state index in [0.717, 1.165) is 40.2 Å². The molecule has 106 valence electrons. The normalized spacial score (nSPS) is 14.8. The first kappa shape index (κ1) is 13.7. The highest BCUT2D eigenvalue weighted by molar-refractivity contribution is 9.10. The number of nitrogens with zero attached hydrogens (tertiary/aromatic N) is 2. The summed E-state index contributed by atoms with van der Waals surface area (Å²) in [6.07, 6.45) is 4.54. The number of nitrogens with two attached hydrogens (primary N) is 1. The fourth-order valence-electron chi connectivity index (χ4n) is 2.64. The van der Waals surface area contributed by atoms with Gasteiger partial charge in [-0.1, -0.05) is 35.0 Å². The smallest absolute Gasteiger partial charge is 0.132 e. The van der Waals surface area contributed by atoms with Gasteiger partial charge in [0.25, 0.3) is 0 Å². The van der Waals surface area contributed by atoms with Crippen LogP contribution < -0.4 is 5.73 Å². The van der Waals surface area contributed by atoms with Crippen LogP contribution >= 0.6 is 15.9 Å². The van der Waals surface area contributed by atoms with E-state index in [2.05, 4.69) is 52.5 Å². The standard InChI is InChI=1S/C16H20BrN3/c1-3-4-14-19-15(16(18)20(14)11-6-7-11)12-8-5-10(2)9-13(12)17/h5,8-9,11H,3-4,6-7,18H2,1-2H3. The average molecular weight is 334 g/mol. The molecular formula is C16H20BrN3. The van der Waals surface area contributed by atoms with Crippen molar-refractivity contribution in [2.45, 2.75) is 45.6 Å². The first-order valence-electron chi connectivity index (χ1n) is 7.25. The Morgan fingerprint density at radius 2 is 2.15 bits per heavy atom. The van der Waals surface area contributed by atoms with Crippen LogP contribution in [0.2, 0.25) is 0 Å². The van der Waals surface area contributed by atoms with Crippen LogP contribution in [0.4, 0.5) is 5.82 Å². The van der Waals surface area contributed by atoms with Gasteiger partial charge in [0, 0.05) is 22.5 Å². The van der Waals surface area contributed by atoms with E-state index in [1.165, 1.54) is 18.4 Å². The summed E-state index contributed by atoms with van der Waals surface area (Å²) in [5.74, 6) is 1.95. The zero-order valence-corrected chi connectivity index (χ0v) is 13.6. The minimum atomic E-state index is 0.571. The van der Waals surface area contributed by atoms with Gasteiger partial charge in [-0.05, 0) is 37.8 Å². The summed E-state index contributed by atoms with van der Waals surface area (Å²) in [5.41, 5.74) is 9.64. The average Bonchev–Trinajstić information content (AvgIpc) is 3.17. The summed E-state index contributed by atoms with van der Waals surface area (Å²) < 4.78 is 3.32. The molecule has 0 unspecified atom stereocenters. The Balaban J connectivity index is 2.11. The molecule has 2 N–H and O–H groups in total.